The number of rotatable bonds is 4. The highest BCUT2D eigenvalue weighted by molar-refractivity contribution is 4.99. The molecule has 0 aliphatic carbocycles. The first-order valence-corrected chi connectivity index (χ1v) is 4.52. The van der Waals surface area contributed by atoms with E-state index in [-0.39, 0.29) is 6.04 Å². The van der Waals surface area contributed by atoms with Crippen LogP contribution in [0.1, 0.15) is 26.0 Å². The normalized spacial score (nSPS) is 15.9. The summed E-state index contributed by atoms with van der Waals surface area (Å²) in [6.07, 6.45) is 3.78. The summed E-state index contributed by atoms with van der Waals surface area (Å²) >= 11 is 0. The maximum atomic E-state index is 5.82. The Labute approximate surface area is 73.8 Å². The van der Waals surface area contributed by atoms with Crippen molar-refractivity contribution in [1.82, 2.24) is 0 Å². The van der Waals surface area contributed by atoms with Crippen molar-refractivity contribution in [1.29, 1.82) is 0 Å². The molecule has 2 N–H and O–H groups in total. The highest BCUT2D eigenvalue weighted by Gasteiger charge is 2.13. The van der Waals surface area contributed by atoms with E-state index in [4.69, 9.17) is 10.2 Å². The van der Waals surface area contributed by atoms with Crippen LogP contribution in [0.25, 0.3) is 0 Å². The minimum Gasteiger partial charge on any atom is -0.469 e. The molecule has 0 aromatic carbocycles. The summed E-state index contributed by atoms with van der Waals surface area (Å²) < 4.78 is 5.26. The lowest BCUT2D eigenvalue weighted by Gasteiger charge is -2.16. The van der Waals surface area contributed by atoms with Crippen molar-refractivity contribution in [2.75, 3.05) is 0 Å². The van der Waals surface area contributed by atoms with Gasteiger partial charge in [-0.3, -0.25) is 0 Å². The minimum atomic E-state index is 0.250. The second-order valence-corrected chi connectivity index (χ2v) is 3.31. The largest absolute Gasteiger partial charge is 0.469 e. The van der Waals surface area contributed by atoms with Crippen molar-refractivity contribution in [2.24, 2.45) is 11.7 Å². The van der Waals surface area contributed by atoms with Gasteiger partial charge in [0.2, 0.25) is 0 Å². The number of furan rings is 1. The molecule has 2 unspecified atom stereocenters. The maximum absolute atomic E-state index is 5.82. The van der Waals surface area contributed by atoms with Gasteiger partial charge < -0.3 is 10.2 Å². The Morgan fingerprint density at radius 3 is 2.75 bits per heavy atom. The van der Waals surface area contributed by atoms with Crippen LogP contribution in [-0.4, -0.2) is 6.04 Å². The summed E-state index contributed by atoms with van der Waals surface area (Å²) in [4.78, 5) is 0. The molecule has 0 aliphatic rings. The molecular formula is C10H17NO. The van der Waals surface area contributed by atoms with Gasteiger partial charge in [-0.1, -0.05) is 13.3 Å². The van der Waals surface area contributed by atoms with Gasteiger partial charge in [0.1, 0.15) is 5.76 Å². The Morgan fingerprint density at radius 1 is 1.58 bits per heavy atom. The quantitative estimate of drug-likeness (QED) is 0.746. The van der Waals surface area contributed by atoms with Gasteiger partial charge in [-0.2, -0.15) is 0 Å². The van der Waals surface area contributed by atoms with Gasteiger partial charge in [-0.15, -0.1) is 0 Å². The van der Waals surface area contributed by atoms with E-state index in [9.17, 15) is 0 Å². The van der Waals surface area contributed by atoms with E-state index < -0.39 is 0 Å². The molecule has 0 saturated heterocycles. The Hall–Kier alpha value is -0.760. The van der Waals surface area contributed by atoms with Crippen LogP contribution >= 0.6 is 0 Å². The van der Waals surface area contributed by atoms with Crippen LogP contribution in [0.5, 0.6) is 0 Å². The lowest BCUT2D eigenvalue weighted by molar-refractivity contribution is 0.384. The van der Waals surface area contributed by atoms with Crippen LogP contribution in [0, 0.1) is 5.92 Å². The second-order valence-electron chi connectivity index (χ2n) is 3.31. The minimum absolute atomic E-state index is 0.250. The molecule has 2 nitrogen and oxygen atoms in total. The van der Waals surface area contributed by atoms with Crippen molar-refractivity contribution in [2.45, 2.75) is 32.7 Å². The first-order chi connectivity index (χ1) is 5.74. The topological polar surface area (TPSA) is 39.2 Å². The van der Waals surface area contributed by atoms with Crippen molar-refractivity contribution >= 4 is 0 Å². The number of nitrogens with two attached hydrogens (primary N) is 1. The van der Waals surface area contributed by atoms with Crippen LogP contribution in [0.2, 0.25) is 0 Å². The molecule has 1 rings (SSSR count). The van der Waals surface area contributed by atoms with Crippen LogP contribution < -0.4 is 5.73 Å². The van der Waals surface area contributed by atoms with Gasteiger partial charge >= 0.3 is 0 Å². The van der Waals surface area contributed by atoms with Gasteiger partial charge in [0.25, 0.3) is 0 Å². The van der Waals surface area contributed by atoms with Crippen molar-refractivity contribution < 1.29 is 4.42 Å². The molecule has 0 radical (unpaired) electrons. The van der Waals surface area contributed by atoms with E-state index in [0.29, 0.717) is 5.92 Å². The lowest BCUT2D eigenvalue weighted by atomic mass is 9.94. The molecule has 1 heterocycles. The Balaban J connectivity index is 2.48. The van der Waals surface area contributed by atoms with E-state index in [1.807, 2.05) is 12.1 Å². The third kappa shape index (κ3) is 2.38. The highest BCUT2D eigenvalue weighted by atomic mass is 16.3. The molecule has 0 fully saturated rings. The molecule has 2 atom stereocenters. The van der Waals surface area contributed by atoms with E-state index >= 15 is 0 Å². The molecule has 1 aromatic rings. The highest BCUT2D eigenvalue weighted by Crippen LogP contribution is 2.14. The van der Waals surface area contributed by atoms with Gasteiger partial charge in [-0.05, 0) is 25.0 Å². The van der Waals surface area contributed by atoms with Gasteiger partial charge in [-0.25, -0.2) is 0 Å². The number of hydrogen-bond donors (Lipinski definition) is 1. The maximum Gasteiger partial charge on any atom is 0.104 e. The monoisotopic (exact) mass is 167 g/mol. The van der Waals surface area contributed by atoms with E-state index in [0.717, 1.165) is 18.6 Å². The third-order valence-corrected chi connectivity index (χ3v) is 2.31. The molecule has 0 aliphatic heterocycles. The van der Waals surface area contributed by atoms with Gasteiger partial charge in [0, 0.05) is 12.5 Å². The van der Waals surface area contributed by atoms with Crippen LogP contribution in [0.15, 0.2) is 22.8 Å². The fourth-order valence-corrected chi connectivity index (χ4v) is 1.39. The molecule has 68 valence electrons. The van der Waals surface area contributed by atoms with Crippen molar-refractivity contribution in [3.05, 3.63) is 24.2 Å². The fraction of sp³-hybridized carbons (Fsp3) is 0.600. The molecule has 0 saturated carbocycles. The summed E-state index contributed by atoms with van der Waals surface area (Å²) in [5.74, 6) is 1.58. The van der Waals surface area contributed by atoms with Crippen LogP contribution in [-0.2, 0) is 6.42 Å². The smallest absolute Gasteiger partial charge is 0.104 e. The summed E-state index contributed by atoms with van der Waals surface area (Å²) in [6.45, 7) is 4.22. The van der Waals surface area contributed by atoms with E-state index in [2.05, 4.69) is 13.8 Å². The zero-order valence-electron chi connectivity index (χ0n) is 7.79. The summed E-state index contributed by atoms with van der Waals surface area (Å²) in [5.41, 5.74) is 5.82. The average Bonchev–Trinajstić information content (AvgIpc) is 2.51. The number of hydrogen-bond acceptors (Lipinski definition) is 2. The zero-order chi connectivity index (χ0) is 8.97. The second kappa shape index (κ2) is 4.31. The molecule has 0 bridgehead atoms. The standard InChI is InChI=1S/C10H17NO/c1-3-9(8(2)11)7-10-5-4-6-12-10/h4-6,8-9H,3,7,11H2,1-2H3. The summed E-state index contributed by atoms with van der Waals surface area (Å²) in [5, 5.41) is 0. The first-order valence-electron chi connectivity index (χ1n) is 4.52. The Morgan fingerprint density at radius 2 is 2.33 bits per heavy atom. The van der Waals surface area contributed by atoms with Crippen LogP contribution in [0.3, 0.4) is 0 Å². The van der Waals surface area contributed by atoms with E-state index in [1.54, 1.807) is 6.26 Å². The predicted molar refractivity (Wildman–Crippen MR) is 49.8 cm³/mol. The first kappa shape index (κ1) is 9.33. The predicted octanol–water partition coefficient (Wildman–Crippen LogP) is 2.20. The van der Waals surface area contributed by atoms with Gasteiger partial charge in [0.05, 0.1) is 6.26 Å². The van der Waals surface area contributed by atoms with Crippen molar-refractivity contribution in [3.8, 4) is 0 Å². The summed E-state index contributed by atoms with van der Waals surface area (Å²) in [6, 6.07) is 4.17. The third-order valence-electron chi connectivity index (χ3n) is 2.31. The molecule has 12 heavy (non-hydrogen) atoms. The fourth-order valence-electron chi connectivity index (χ4n) is 1.39. The zero-order valence-corrected chi connectivity index (χ0v) is 7.79. The molecule has 0 spiro atoms. The average molecular weight is 167 g/mol. The summed E-state index contributed by atoms with van der Waals surface area (Å²) in [7, 11) is 0. The molecule has 0 amide bonds. The lowest BCUT2D eigenvalue weighted by Crippen LogP contribution is -2.27. The molecule has 1 aromatic heterocycles. The van der Waals surface area contributed by atoms with Crippen LogP contribution in [0.4, 0.5) is 0 Å². The van der Waals surface area contributed by atoms with E-state index in [1.165, 1.54) is 0 Å². The molecular weight excluding hydrogens is 150 g/mol. The van der Waals surface area contributed by atoms with Crippen molar-refractivity contribution in [3.63, 3.8) is 0 Å². The Kier molecular flexibility index (Phi) is 3.35. The van der Waals surface area contributed by atoms with Gasteiger partial charge in [0.15, 0.2) is 0 Å². The SMILES string of the molecule is CCC(Cc1ccco1)C(C)N. The Bertz CT molecular complexity index is 204. The molecule has 2 heteroatoms.